The van der Waals surface area contributed by atoms with E-state index in [9.17, 15) is 9.59 Å². The molecule has 0 aliphatic rings. The third kappa shape index (κ3) is 5.93. The third-order valence-electron chi connectivity index (χ3n) is 3.43. The normalized spacial score (nSPS) is 12.4. The van der Waals surface area contributed by atoms with Crippen LogP contribution in [0.25, 0.3) is 0 Å². The molecule has 5 nitrogen and oxygen atoms in total. The van der Waals surface area contributed by atoms with Gasteiger partial charge in [-0.15, -0.1) is 0 Å². The zero-order valence-corrected chi connectivity index (χ0v) is 15.0. The van der Waals surface area contributed by atoms with Crippen molar-refractivity contribution in [3.8, 4) is 5.75 Å². The zero-order chi connectivity index (χ0) is 17.6. The second-order valence-corrected chi connectivity index (χ2v) is 6.72. The van der Waals surface area contributed by atoms with Crippen molar-refractivity contribution >= 4 is 11.8 Å². The average Bonchev–Trinajstić information content (AvgIpc) is 2.47. The van der Waals surface area contributed by atoms with Gasteiger partial charge in [-0.1, -0.05) is 32.9 Å². The molecule has 0 saturated carbocycles. The van der Waals surface area contributed by atoms with Crippen LogP contribution >= 0.6 is 0 Å². The van der Waals surface area contributed by atoms with Gasteiger partial charge in [0.05, 0.1) is 6.61 Å². The Kier molecular flexibility index (Phi) is 6.61. The number of likely N-dealkylation sites (N-methyl/N-ethyl adjacent to an activating group) is 1. The Hall–Kier alpha value is -2.04. The van der Waals surface area contributed by atoms with Crippen molar-refractivity contribution < 1.29 is 14.3 Å². The van der Waals surface area contributed by atoms with Crippen LogP contribution in [0.2, 0.25) is 0 Å². The highest BCUT2D eigenvalue weighted by molar-refractivity contribution is 5.89. The first kappa shape index (κ1) is 19.0. The molecule has 0 radical (unpaired) electrons. The summed E-state index contributed by atoms with van der Waals surface area (Å²) in [5.41, 5.74) is 0.501. The first-order valence-corrected chi connectivity index (χ1v) is 7.92. The molecule has 0 aliphatic carbocycles. The van der Waals surface area contributed by atoms with Gasteiger partial charge >= 0.3 is 0 Å². The molecule has 1 atom stereocenters. The number of hydrogen-bond acceptors (Lipinski definition) is 3. The fourth-order valence-electron chi connectivity index (χ4n) is 2.01. The molecule has 128 valence electrons. The number of hydrogen-bond donors (Lipinski definition) is 1. The van der Waals surface area contributed by atoms with Gasteiger partial charge in [0, 0.05) is 19.0 Å². The van der Waals surface area contributed by atoms with E-state index in [4.69, 9.17) is 4.74 Å². The minimum Gasteiger partial charge on any atom is -0.494 e. The largest absolute Gasteiger partial charge is 0.494 e. The van der Waals surface area contributed by atoms with Crippen LogP contribution in [-0.4, -0.2) is 36.4 Å². The van der Waals surface area contributed by atoms with Gasteiger partial charge in [-0.05, 0) is 31.5 Å². The highest BCUT2D eigenvalue weighted by Gasteiger charge is 2.26. The smallest absolute Gasteiger partial charge is 0.244 e. The second kappa shape index (κ2) is 7.99. The SMILES string of the molecule is CCOc1ccc(CN(C)C(=O)C(C)NC(=O)C(C)(C)C)cc1. The zero-order valence-electron chi connectivity index (χ0n) is 15.0. The second-order valence-electron chi connectivity index (χ2n) is 6.72. The molecular weight excluding hydrogens is 292 g/mol. The predicted octanol–water partition coefficient (Wildman–Crippen LogP) is 2.59. The fraction of sp³-hybridized carbons (Fsp3) is 0.556. The average molecular weight is 320 g/mol. The summed E-state index contributed by atoms with van der Waals surface area (Å²) in [7, 11) is 1.73. The molecule has 0 spiro atoms. The van der Waals surface area contributed by atoms with Crippen LogP contribution in [0.1, 0.15) is 40.2 Å². The maximum Gasteiger partial charge on any atom is 0.244 e. The molecule has 1 N–H and O–H groups in total. The van der Waals surface area contributed by atoms with E-state index in [1.807, 2.05) is 52.0 Å². The van der Waals surface area contributed by atoms with Gasteiger partial charge in [-0.25, -0.2) is 0 Å². The number of ether oxygens (including phenoxy) is 1. The van der Waals surface area contributed by atoms with Gasteiger partial charge in [-0.3, -0.25) is 9.59 Å². The molecule has 0 heterocycles. The molecule has 1 rings (SSSR count). The first-order valence-electron chi connectivity index (χ1n) is 7.92. The molecule has 5 heteroatoms. The summed E-state index contributed by atoms with van der Waals surface area (Å²) in [6.07, 6.45) is 0. The lowest BCUT2D eigenvalue weighted by Gasteiger charge is -2.25. The maximum atomic E-state index is 12.4. The molecule has 1 aromatic rings. The summed E-state index contributed by atoms with van der Waals surface area (Å²) in [6.45, 7) is 10.2. The van der Waals surface area contributed by atoms with Crippen LogP contribution in [0.5, 0.6) is 5.75 Å². The van der Waals surface area contributed by atoms with Crippen LogP contribution in [-0.2, 0) is 16.1 Å². The van der Waals surface area contributed by atoms with E-state index in [0.717, 1.165) is 11.3 Å². The fourth-order valence-corrected chi connectivity index (χ4v) is 2.01. The molecule has 1 unspecified atom stereocenters. The quantitative estimate of drug-likeness (QED) is 0.876. The Bertz CT molecular complexity index is 532. The van der Waals surface area contributed by atoms with Crippen LogP contribution < -0.4 is 10.1 Å². The van der Waals surface area contributed by atoms with Gasteiger partial charge in [0.15, 0.2) is 0 Å². The van der Waals surface area contributed by atoms with Crippen molar-refractivity contribution in [2.75, 3.05) is 13.7 Å². The number of benzene rings is 1. The van der Waals surface area contributed by atoms with Crippen LogP contribution in [0, 0.1) is 5.41 Å². The molecule has 23 heavy (non-hydrogen) atoms. The summed E-state index contributed by atoms with van der Waals surface area (Å²) in [6, 6.07) is 7.11. The summed E-state index contributed by atoms with van der Waals surface area (Å²) in [4.78, 5) is 25.9. The molecular formula is C18H28N2O3. The van der Waals surface area contributed by atoms with Crippen molar-refractivity contribution in [2.45, 2.75) is 47.2 Å². The summed E-state index contributed by atoms with van der Waals surface area (Å²) in [5.74, 6) is 0.570. The lowest BCUT2D eigenvalue weighted by Crippen LogP contribution is -2.48. The van der Waals surface area contributed by atoms with Gasteiger partial charge in [0.25, 0.3) is 0 Å². The first-order chi connectivity index (χ1) is 10.6. The van der Waals surface area contributed by atoms with Crippen LogP contribution in [0.15, 0.2) is 24.3 Å². The number of nitrogens with zero attached hydrogens (tertiary/aromatic N) is 1. The van der Waals surface area contributed by atoms with E-state index in [-0.39, 0.29) is 11.8 Å². The number of rotatable bonds is 6. The Morgan fingerprint density at radius 3 is 2.26 bits per heavy atom. The number of nitrogens with one attached hydrogen (secondary N) is 1. The standard InChI is InChI=1S/C18H28N2O3/c1-7-23-15-10-8-14(9-11-15)12-20(6)16(21)13(2)19-17(22)18(3,4)5/h8-11,13H,7,12H2,1-6H3,(H,19,22). The van der Waals surface area contributed by atoms with Gasteiger partial charge in [-0.2, -0.15) is 0 Å². The summed E-state index contributed by atoms with van der Waals surface area (Å²) < 4.78 is 5.40. The van der Waals surface area contributed by atoms with Crippen molar-refractivity contribution in [1.29, 1.82) is 0 Å². The van der Waals surface area contributed by atoms with Crippen LogP contribution in [0.3, 0.4) is 0 Å². The Morgan fingerprint density at radius 2 is 1.78 bits per heavy atom. The van der Waals surface area contributed by atoms with Gasteiger partial charge in [0.1, 0.15) is 11.8 Å². The minimum atomic E-state index is -0.547. The Morgan fingerprint density at radius 1 is 1.22 bits per heavy atom. The lowest BCUT2D eigenvalue weighted by molar-refractivity contribution is -0.137. The molecule has 0 aromatic heterocycles. The number of carbonyl (C=O) groups is 2. The van der Waals surface area contributed by atoms with Gasteiger partial charge in [0.2, 0.25) is 11.8 Å². The molecule has 2 amide bonds. The predicted molar refractivity (Wildman–Crippen MR) is 91.1 cm³/mol. The van der Waals surface area contributed by atoms with Crippen molar-refractivity contribution in [3.63, 3.8) is 0 Å². The topological polar surface area (TPSA) is 58.6 Å². The van der Waals surface area contributed by atoms with E-state index in [1.165, 1.54) is 0 Å². The van der Waals surface area contributed by atoms with Crippen LogP contribution in [0.4, 0.5) is 0 Å². The molecule has 0 aliphatic heterocycles. The van der Waals surface area contributed by atoms with Crippen molar-refractivity contribution in [1.82, 2.24) is 10.2 Å². The minimum absolute atomic E-state index is 0.114. The van der Waals surface area contributed by atoms with E-state index in [2.05, 4.69) is 5.32 Å². The summed E-state index contributed by atoms with van der Waals surface area (Å²) >= 11 is 0. The molecule has 0 fully saturated rings. The van der Waals surface area contributed by atoms with E-state index in [0.29, 0.717) is 13.2 Å². The highest BCUT2D eigenvalue weighted by atomic mass is 16.5. The van der Waals surface area contributed by atoms with Gasteiger partial charge < -0.3 is 15.0 Å². The highest BCUT2D eigenvalue weighted by Crippen LogP contribution is 2.15. The van der Waals surface area contributed by atoms with Crippen molar-refractivity contribution in [3.05, 3.63) is 29.8 Å². The molecule has 0 bridgehead atoms. The lowest BCUT2D eigenvalue weighted by atomic mass is 9.95. The Balaban J connectivity index is 2.60. The van der Waals surface area contributed by atoms with Crippen molar-refractivity contribution in [2.24, 2.45) is 5.41 Å². The number of carbonyl (C=O) groups excluding carboxylic acids is 2. The van der Waals surface area contributed by atoms with E-state index in [1.54, 1.807) is 18.9 Å². The maximum absolute atomic E-state index is 12.4. The Labute approximate surface area is 139 Å². The summed E-state index contributed by atoms with van der Waals surface area (Å²) in [5, 5.41) is 2.76. The van der Waals surface area contributed by atoms with E-state index >= 15 is 0 Å². The van der Waals surface area contributed by atoms with E-state index < -0.39 is 11.5 Å². The number of amides is 2. The monoisotopic (exact) mass is 320 g/mol. The molecule has 1 aromatic carbocycles. The molecule has 0 saturated heterocycles. The third-order valence-corrected chi connectivity index (χ3v) is 3.43.